The predicted molar refractivity (Wildman–Crippen MR) is 199 cm³/mol. The Bertz CT molecular complexity index is 1420. The minimum absolute atomic E-state index is 0.0706. The molecule has 2 heterocycles. The van der Waals surface area contributed by atoms with Gasteiger partial charge in [0, 0.05) is 23.7 Å². The number of carbonyl (C=O) groups excluding carboxylic acids is 2. The topological polar surface area (TPSA) is 74.3 Å². The standard InChI is InChI=1S/C29H31N3O2S.C8H19N.C2H6/c1-5-21(15-25(20(4)33)31-28-14-13-18(2)17-30-28)23-10-8-11-24(19(23)3)32-29(34)27-16-22-9-6-7-12-26(22)35-27;1-4-7-9(6-3)8-5-2;1-2/h5,8,10-11,13-17H,6-7,9,12H2,1-4H3,(H,30,31)(H,32,34);4-8H2,1-3H3;1-2H3/b21-5+,25-15+;;. The quantitative estimate of drug-likeness (QED) is 0.152. The largest absolute Gasteiger partial charge is 0.337 e. The van der Waals surface area contributed by atoms with E-state index in [1.54, 1.807) is 17.5 Å². The zero-order chi connectivity index (χ0) is 34.1. The number of amides is 1. The smallest absolute Gasteiger partial charge is 0.265 e. The summed E-state index contributed by atoms with van der Waals surface area (Å²) in [7, 11) is 0. The zero-order valence-electron chi connectivity index (χ0n) is 29.7. The first-order chi connectivity index (χ1) is 22.2. The third kappa shape index (κ3) is 11.7. The third-order valence-electron chi connectivity index (χ3n) is 7.80. The molecule has 7 heteroatoms. The number of anilines is 2. The lowest BCUT2D eigenvalue weighted by Crippen LogP contribution is -2.24. The summed E-state index contributed by atoms with van der Waals surface area (Å²) in [6.07, 6.45) is 12.7. The maximum Gasteiger partial charge on any atom is 0.265 e. The van der Waals surface area contributed by atoms with E-state index in [1.165, 1.54) is 62.7 Å². The van der Waals surface area contributed by atoms with Crippen molar-refractivity contribution < 1.29 is 9.59 Å². The molecule has 0 fully saturated rings. The van der Waals surface area contributed by atoms with Crippen molar-refractivity contribution in [1.29, 1.82) is 0 Å². The highest BCUT2D eigenvalue weighted by Crippen LogP contribution is 2.32. The fourth-order valence-electron chi connectivity index (χ4n) is 5.31. The fourth-order valence-corrected chi connectivity index (χ4v) is 6.46. The Morgan fingerprint density at radius 3 is 2.24 bits per heavy atom. The van der Waals surface area contributed by atoms with Gasteiger partial charge < -0.3 is 15.5 Å². The summed E-state index contributed by atoms with van der Waals surface area (Å²) >= 11 is 1.61. The Morgan fingerprint density at radius 1 is 0.978 bits per heavy atom. The van der Waals surface area contributed by atoms with E-state index >= 15 is 0 Å². The Balaban J connectivity index is 0.000000579. The minimum atomic E-state index is -0.0875. The molecule has 3 aromatic rings. The van der Waals surface area contributed by atoms with Gasteiger partial charge in [-0.25, -0.2) is 4.98 Å². The van der Waals surface area contributed by atoms with Crippen LogP contribution in [-0.4, -0.2) is 41.2 Å². The molecule has 1 amide bonds. The van der Waals surface area contributed by atoms with Crippen LogP contribution in [0.25, 0.3) is 5.57 Å². The number of carbonyl (C=O) groups is 2. The molecule has 6 nitrogen and oxygen atoms in total. The molecule has 0 radical (unpaired) electrons. The number of hydrogen-bond donors (Lipinski definition) is 2. The second-order valence-electron chi connectivity index (χ2n) is 11.3. The molecule has 0 bridgehead atoms. The van der Waals surface area contributed by atoms with E-state index in [0.29, 0.717) is 11.5 Å². The van der Waals surface area contributed by atoms with Gasteiger partial charge in [-0.2, -0.15) is 0 Å². The van der Waals surface area contributed by atoms with Gasteiger partial charge in [-0.15, -0.1) is 11.3 Å². The third-order valence-corrected chi connectivity index (χ3v) is 9.04. The van der Waals surface area contributed by atoms with Crippen molar-refractivity contribution >= 4 is 40.1 Å². The molecule has 0 aliphatic heterocycles. The van der Waals surface area contributed by atoms with Gasteiger partial charge in [-0.3, -0.25) is 9.59 Å². The molecule has 1 aromatic carbocycles. The number of thiophene rings is 1. The molecular weight excluding hydrogens is 589 g/mol. The highest BCUT2D eigenvalue weighted by atomic mass is 32.1. The van der Waals surface area contributed by atoms with Gasteiger partial charge in [-0.05, 0) is 131 Å². The normalized spacial score (nSPS) is 12.7. The summed E-state index contributed by atoms with van der Waals surface area (Å²) in [6.45, 7) is 21.9. The maximum absolute atomic E-state index is 13.0. The summed E-state index contributed by atoms with van der Waals surface area (Å²) < 4.78 is 0. The van der Waals surface area contributed by atoms with E-state index in [0.717, 1.165) is 45.7 Å². The number of aryl methyl sites for hydroxylation is 3. The molecule has 0 saturated carbocycles. The van der Waals surface area contributed by atoms with Gasteiger partial charge in [0.05, 0.1) is 10.6 Å². The molecule has 4 rings (SSSR count). The number of nitrogens with one attached hydrogen (secondary N) is 2. The number of pyridine rings is 1. The molecule has 0 spiro atoms. The van der Waals surface area contributed by atoms with Gasteiger partial charge >= 0.3 is 0 Å². The Morgan fingerprint density at radius 2 is 1.67 bits per heavy atom. The van der Waals surface area contributed by atoms with Crippen molar-refractivity contribution in [2.24, 2.45) is 0 Å². The number of benzene rings is 1. The van der Waals surface area contributed by atoms with Crippen molar-refractivity contribution in [2.75, 3.05) is 30.3 Å². The average Bonchev–Trinajstić information content (AvgIpc) is 3.51. The predicted octanol–water partition coefficient (Wildman–Crippen LogP) is 10.0. The number of fused-ring (bicyclic) bond motifs is 1. The van der Waals surface area contributed by atoms with E-state index in [-0.39, 0.29) is 11.7 Å². The number of Topliss-reactive ketones (excluding diaryl/α,β-unsaturated/α-hetero) is 1. The summed E-state index contributed by atoms with van der Waals surface area (Å²) in [4.78, 5) is 34.4. The second kappa shape index (κ2) is 20.5. The highest BCUT2D eigenvalue weighted by Gasteiger charge is 2.18. The van der Waals surface area contributed by atoms with Gasteiger partial charge in [0.15, 0.2) is 5.78 Å². The fraction of sp³-hybridized carbons (Fsp3) is 0.462. The molecule has 0 saturated heterocycles. The van der Waals surface area contributed by atoms with Crippen LogP contribution < -0.4 is 10.6 Å². The monoisotopic (exact) mass is 644 g/mol. The Hall–Kier alpha value is -3.55. The lowest BCUT2D eigenvalue weighted by molar-refractivity contribution is -0.113. The number of ketones is 1. The molecule has 2 aromatic heterocycles. The van der Waals surface area contributed by atoms with Crippen molar-refractivity contribution in [3.05, 3.63) is 92.5 Å². The van der Waals surface area contributed by atoms with Gasteiger partial charge in [0.1, 0.15) is 5.82 Å². The van der Waals surface area contributed by atoms with Crippen molar-refractivity contribution in [3.8, 4) is 0 Å². The van der Waals surface area contributed by atoms with Crippen LogP contribution in [0.4, 0.5) is 11.5 Å². The summed E-state index contributed by atoms with van der Waals surface area (Å²) in [5.74, 6) is 0.457. The lowest BCUT2D eigenvalue weighted by atomic mass is 9.97. The molecule has 0 unspecified atom stereocenters. The molecule has 1 aliphatic rings. The van der Waals surface area contributed by atoms with E-state index in [9.17, 15) is 9.59 Å². The molecular formula is C39H56N4O2S. The molecule has 250 valence electrons. The summed E-state index contributed by atoms with van der Waals surface area (Å²) in [6, 6.07) is 11.7. The van der Waals surface area contributed by atoms with Crippen molar-refractivity contribution in [3.63, 3.8) is 0 Å². The Kier molecular flexibility index (Phi) is 17.3. The molecule has 1 aliphatic carbocycles. The van der Waals surface area contributed by atoms with Crippen LogP contribution >= 0.6 is 11.3 Å². The molecule has 2 N–H and O–H groups in total. The van der Waals surface area contributed by atoms with E-state index in [4.69, 9.17) is 0 Å². The number of allylic oxidation sites excluding steroid dienone is 4. The van der Waals surface area contributed by atoms with Crippen LogP contribution in [0, 0.1) is 13.8 Å². The number of aromatic nitrogens is 1. The zero-order valence-corrected chi connectivity index (χ0v) is 30.5. The van der Waals surface area contributed by atoms with Gasteiger partial charge in [-0.1, -0.05) is 58.9 Å². The van der Waals surface area contributed by atoms with Crippen molar-refractivity contribution in [2.45, 2.75) is 101 Å². The summed E-state index contributed by atoms with van der Waals surface area (Å²) in [5.41, 5.74) is 6.38. The lowest BCUT2D eigenvalue weighted by Gasteiger charge is -2.17. The number of rotatable bonds is 12. The van der Waals surface area contributed by atoms with Crippen LogP contribution in [0.1, 0.15) is 111 Å². The first kappa shape index (κ1) is 38.6. The van der Waals surface area contributed by atoms with E-state index < -0.39 is 0 Å². The van der Waals surface area contributed by atoms with Crippen LogP contribution in [0.3, 0.4) is 0 Å². The van der Waals surface area contributed by atoms with Gasteiger partial charge in [0.2, 0.25) is 0 Å². The molecule has 46 heavy (non-hydrogen) atoms. The minimum Gasteiger partial charge on any atom is -0.337 e. The Labute approximate surface area is 282 Å². The maximum atomic E-state index is 13.0. The first-order valence-electron chi connectivity index (χ1n) is 17.0. The van der Waals surface area contributed by atoms with Gasteiger partial charge in [0.25, 0.3) is 5.91 Å². The van der Waals surface area contributed by atoms with Crippen LogP contribution in [-0.2, 0) is 17.6 Å². The highest BCUT2D eigenvalue weighted by molar-refractivity contribution is 7.14. The van der Waals surface area contributed by atoms with Crippen molar-refractivity contribution in [1.82, 2.24) is 9.88 Å². The average molecular weight is 645 g/mol. The number of nitrogens with zero attached hydrogens (tertiary/aromatic N) is 2. The SMILES string of the molecule is C/C=C(\C=C(\Nc1ccc(C)cn1)C(C)=O)c1cccc(NC(=O)c2cc3c(s2)CCCC3)c1C.CC.CCCN(CC)CCC. The van der Waals surface area contributed by atoms with Crippen LogP contribution in [0.2, 0.25) is 0 Å². The van der Waals surface area contributed by atoms with E-state index in [2.05, 4.69) is 47.4 Å². The van der Waals surface area contributed by atoms with Crippen LogP contribution in [0.15, 0.2) is 60.4 Å². The second-order valence-corrected chi connectivity index (χ2v) is 12.5. The van der Waals surface area contributed by atoms with Crippen LogP contribution in [0.5, 0.6) is 0 Å². The molecule has 0 atom stereocenters. The summed E-state index contributed by atoms with van der Waals surface area (Å²) in [5, 5.41) is 6.25. The van der Waals surface area contributed by atoms with E-state index in [1.807, 2.05) is 77.1 Å². The number of hydrogen-bond acceptors (Lipinski definition) is 6. The first-order valence-corrected chi connectivity index (χ1v) is 17.9.